The molecule has 0 bridgehead atoms. The molecule has 3 heterocycles. The zero-order chi connectivity index (χ0) is 22.2. The summed E-state index contributed by atoms with van der Waals surface area (Å²) in [7, 11) is 0. The molecule has 3 aromatic heterocycles. The molecule has 8 nitrogen and oxygen atoms in total. The van der Waals surface area contributed by atoms with Crippen LogP contribution < -0.4 is 10.1 Å². The Morgan fingerprint density at radius 2 is 2.00 bits per heavy atom. The van der Waals surface area contributed by atoms with E-state index in [9.17, 15) is 18.0 Å². The number of aromatic nitrogens is 5. The monoisotopic (exact) mass is 436 g/mol. The highest BCUT2D eigenvalue weighted by Crippen LogP contribution is 2.38. The van der Waals surface area contributed by atoms with E-state index in [-0.39, 0.29) is 22.9 Å². The summed E-state index contributed by atoms with van der Waals surface area (Å²) in [6.45, 7) is 4.36. The van der Waals surface area contributed by atoms with Gasteiger partial charge < -0.3 is 10.1 Å². The molecular weight excluding hydrogens is 413 g/mol. The number of hydrogen-bond donors (Lipinski definition) is 1. The first-order valence-electron chi connectivity index (χ1n) is 10.2. The fraction of sp³-hybridized carbons (Fsp3) is 0.500. The number of anilines is 1. The molecule has 4 rings (SSSR count). The highest BCUT2D eigenvalue weighted by molar-refractivity contribution is 6.08. The van der Waals surface area contributed by atoms with Crippen LogP contribution in [0.4, 0.5) is 18.9 Å². The van der Waals surface area contributed by atoms with E-state index in [1.54, 1.807) is 12.3 Å². The van der Waals surface area contributed by atoms with Crippen LogP contribution in [0.5, 0.6) is 5.88 Å². The molecule has 0 atom stereocenters. The summed E-state index contributed by atoms with van der Waals surface area (Å²) < 4.78 is 45.7. The molecule has 1 aliphatic carbocycles. The minimum atomic E-state index is -4.93. The Bertz CT molecular complexity index is 1070. The zero-order valence-corrected chi connectivity index (χ0v) is 17.1. The summed E-state index contributed by atoms with van der Waals surface area (Å²) in [6.07, 6.45) is 4.46. The number of alkyl halides is 3. The number of rotatable bonds is 5. The van der Waals surface area contributed by atoms with Gasteiger partial charge in [0, 0.05) is 12.4 Å². The van der Waals surface area contributed by atoms with Gasteiger partial charge >= 0.3 is 6.36 Å². The molecule has 0 aliphatic heterocycles. The van der Waals surface area contributed by atoms with Crippen molar-refractivity contribution >= 4 is 17.2 Å². The second-order valence-corrected chi connectivity index (χ2v) is 8.09. The van der Waals surface area contributed by atoms with Gasteiger partial charge in [-0.15, -0.1) is 18.3 Å². The van der Waals surface area contributed by atoms with Crippen molar-refractivity contribution in [1.29, 1.82) is 0 Å². The quantitative estimate of drug-likeness (QED) is 0.638. The lowest BCUT2D eigenvalue weighted by atomic mass is 9.80. The number of ether oxygens (including phenoxy) is 1. The molecule has 3 aromatic rings. The Morgan fingerprint density at radius 3 is 2.68 bits per heavy atom. The van der Waals surface area contributed by atoms with Gasteiger partial charge in [-0.1, -0.05) is 13.8 Å². The van der Waals surface area contributed by atoms with Crippen molar-refractivity contribution in [3.05, 3.63) is 36.4 Å². The molecule has 11 heteroatoms. The van der Waals surface area contributed by atoms with E-state index in [0.29, 0.717) is 11.8 Å². The summed E-state index contributed by atoms with van der Waals surface area (Å²) in [6, 6.07) is 1.60. The Labute approximate surface area is 176 Å². The molecule has 0 spiro atoms. The van der Waals surface area contributed by atoms with E-state index < -0.39 is 18.1 Å². The Morgan fingerprint density at radius 1 is 1.26 bits per heavy atom. The fourth-order valence-corrected chi connectivity index (χ4v) is 4.04. The van der Waals surface area contributed by atoms with Gasteiger partial charge in [0.2, 0.25) is 0 Å². The van der Waals surface area contributed by atoms with Gasteiger partial charge in [0.1, 0.15) is 11.3 Å². The SMILES string of the molecule is CC(C)[C@H]1CC[C@H](n2cc(NC(=O)c3cnn4cccnc34)c(OC(F)(F)F)n2)CC1. The van der Waals surface area contributed by atoms with Gasteiger partial charge in [-0.3, -0.25) is 9.48 Å². The largest absolute Gasteiger partial charge is 0.574 e. The fourth-order valence-electron chi connectivity index (χ4n) is 4.04. The summed E-state index contributed by atoms with van der Waals surface area (Å²) in [5, 5.41) is 10.5. The van der Waals surface area contributed by atoms with Crippen LogP contribution in [0.2, 0.25) is 0 Å². The van der Waals surface area contributed by atoms with Gasteiger partial charge in [0.15, 0.2) is 5.65 Å². The molecule has 166 valence electrons. The number of hydrogen-bond acceptors (Lipinski definition) is 5. The number of nitrogens with one attached hydrogen (secondary N) is 1. The van der Waals surface area contributed by atoms with Crippen LogP contribution >= 0.6 is 0 Å². The average Bonchev–Trinajstić information content (AvgIpc) is 3.31. The molecular formula is C20H23F3N6O2. The Hall–Kier alpha value is -3.11. The van der Waals surface area contributed by atoms with Gasteiger partial charge in [-0.2, -0.15) is 5.10 Å². The van der Waals surface area contributed by atoms with Crippen LogP contribution in [0.25, 0.3) is 5.65 Å². The predicted molar refractivity (Wildman–Crippen MR) is 106 cm³/mol. The predicted octanol–water partition coefficient (Wildman–Crippen LogP) is 4.46. The number of nitrogens with zero attached hydrogens (tertiary/aromatic N) is 5. The smallest absolute Gasteiger partial charge is 0.384 e. The minimum Gasteiger partial charge on any atom is -0.384 e. The zero-order valence-electron chi connectivity index (χ0n) is 17.1. The number of fused-ring (bicyclic) bond motifs is 1. The second kappa shape index (κ2) is 8.20. The standard InChI is InChI=1S/C20H23F3N6O2/c1-12(2)13-4-6-14(7-5-13)29-11-16(19(27-29)31-20(21,22)23)26-18(30)15-10-25-28-9-3-8-24-17(15)28/h3,8-14H,4-7H2,1-2H3,(H,26,30)/t13-,14-. The molecule has 1 fully saturated rings. The molecule has 0 aromatic carbocycles. The molecule has 1 amide bonds. The van der Waals surface area contributed by atoms with Gasteiger partial charge in [0.25, 0.3) is 11.8 Å². The topological polar surface area (TPSA) is 86.3 Å². The lowest BCUT2D eigenvalue weighted by Crippen LogP contribution is -2.22. The number of carbonyl (C=O) groups is 1. The minimum absolute atomic E-state index is 0.0464. The number of halogens is 3. The van der Waals surface area contributed by atoms with Crippen LogP contribution in [-0.2, 0) is 0 Å². The van der Waals surface area contributed by atoms with Crippen molar-refractivity contribution in [2.75, 3.05) is 5.32 Å². The molecule has 1 N–H and O–H groups in total. The van der Waals surface area contributed by atoms with Gasteiger partial charge in [-0.05, 0) is 43.6 Å². The van der Waals surface area contributed by atoms with E-state index >= 15 is 0 Å². The average molecular weight is 436 g/mol. The molecule has 0 radical (unpaired) electrons. The summed E-state index contributed by atoms with van der Waals surface area (Å²) in [4.78, 5) is 16.8. The molecule has 31 heavy (non-hydrogen) atoms. The summed E-state index contributed by atoms with van der Waals surface area (Å²) in [5.41, 5.74) is 0.269. The summed E-state index contributed by atoms with van der Waals surface area (Å²) in [5.74, 6) is -0.169. The Kier molecular flexibility index (Phi) is 5.59. The third-order valence-corrected chi connectivity index (χ3v) is 5.74. The van der Waals surface area contributed by atoms with E-state index in [0.717, 1.165) is 25.7 Å². The second-order valence-electron chi connectivity index (χ2n) is 8.09. The lowest BCUT2D eigenvalue weighted by molar-refractivity contribution is -0.276. The van der Waals surface area contributed by atoms with Crippen LogP contribution in [0.3, 0.4) is 0 Å². The maximum atomic E-state index is 12.9. The first-order chi connectivity index (χ1) is 14.7. The maximum absolute atomic E-state index is 12.9. The third kappa shape index (κ3) is 4.64. The lowest BCUT2D eigenvalue weighted by Gasteiger charge is -2.30. The van der Waals surface area contributed by atoms with Crippen molar-refractivity contribution in [1.82, 2.24) is 24.4 Å². The van der Waals surface area contributed by atoms with E-state index in [1.807, 2.05) is 0 Å². The maximum Gasteiger partial charge on any atom is 0.574 e. The van der Waals surface area contributed by atoms with Gasteiger partial charge in [-0.25, -0.2) is 9.50 Å². The molecule has 0 saturated heterocycles. The molecule has 1 aliphatic rings. The van der Waals surface area contributed by atoms with Crippen LogP contribution in [0.15, 0.2) is 30.9 Å². The first-order valence-corrected chi connectivity index (χ1v) is 10.2. The van der Waals surface area contributed by atoms with Crippen molar-refractivity contribution < 1.29 is 22.7 Å². The van der Waals surface area contributed by atoms with E-state index in [4.69, 9.17) is 0 Å². The highest BCUT2D eigenvalue weighted by atomic mass is 19.4. The van der Waals surface area contributed by atoms with Gasteiger partial charge in [0.05, 0.1) is 18.4 Å². The van der Waals surface area contributed by atoms with Crippen molar-refractivity contribution in [2.24, 2.45) is 11.8 Å². The van der Waals surface area contributed by atoms with E-state index in [2.05, 4.69) is 39.1 Å². The number of carbonyl (C=O) groups excluding carboxylic acids is 1. The van der Waals surface area contributed by atoms with Crippen molar-refractivity contribution in [3.8, 4) is 5.88 Å². The van der Waals surface area contributed by atoms with Crippen LogP contribution in [0, 0.1) is 11.8 Å². The normalized spacial score (nSPS) is 19.7. The van der Waals surface area contributed by atoms with Crippen molar-refractivity contribution in [3.63, 3.8) is 0 Å². The van der Waals surface area contributed by atoms with E-state index in [1.165, 1.54) is 27.8 Å². The van der Waals surface area contributed by atoms with Crippen LogP contribution in [0.1, 0.15) is 55.9 Å². The molecule has 1 saturated carbocycles. The third-order valence-electron chi connectivity index (χ3n) is 5.74. The Balaban J connectivity index is 1.58. The van der Waals surface area contributed by atoms with Crippen LogP contribution in [-0.4, -0.2) is 36.6 Å². The molecule has 0 unspecified atom stereocenters. The highest BCUT2D eigenvalue weighted by Gasteiger charge is 2.35. The summed E-state index contributed by atoms with van der Waals surface area (Å²) >= 11 is 0. The van der Waals surface area contributed by atoms with Crippen molar-refractivity contribution in [2.45, 2.75) is 51.9 Å². The number of amides is 1. The first kappa shape index (κ1) is 21.1.